The van der Waals surface area contributed by atoms with Crippen molar-refractivity contribution in [3.63, 3.8) is 0 Å². The van der Waals surface area contributed by atoms with E-state index in [4.69, 9.17) is 0 Å². The average molecular weight is 229 g/mol. The summed E-state index contributed by atoms with van der Waals surface area (Å²) in [5.41, 5.74) is 0.611. The third-order valence-corrected chi connectivity index (χ3v) is 2.86. The number of aromatic carboxylic acids is 1. The van der Waals surface area contributed by atoms with Gasteiger partial charge in [0.2, 0.25) is 5.95 Å². The Balaban J connectivity index is 0.00000128. The molecule has 0 aliphatic heterocycles. The van der Waals surface area contributed by atoms with Crippen LogP contribution in [0.1, 0.15) is 9.80 Å². The molecule has 2 rings (SSSR count). The smallest absolute Gasteiger partial charge is 0.542 e. The van der Waals surface area contributed by atoms with Gasteiger partial charge in [0.25, 0.3) is 0 Å². The predicted octanol–water partition coefficient (Wildman–Crippen LogP) is -1.68. The normalized spacial score (nSPS) is 9.56. The molecule has 0 saturated carbocycles. The second kappa shape index (κ2) is 5.26. The van der Waals surface area contributed by atoms with Crippen molar-refractivity contribution in [1.29, 1.82) is 0 Å². The Labute approximate surface area is 107 Å². The number of halogens is 1. The topological polar surface area (TPSA) is 53.0 Å². The Morgan fingerprint density at radius 3 is 2.44 bits per heavy atom. The van der Waals surface area contributed by atoms with Crippen LogP contribution in [-0.4, -0.2) is 11.0 Å². The molecular formula is C10H5FLiNO2S. The van der Waals surface area contributed by atoms with Gasteiger partial charge in [-0.3, -0.25) is 0 Å². The van der Waals surface area contributed by atoms with Crippen molar-refractivity contribution in [1.82, 2.24) is 4.98 Å². The average Bonchev–Trinajstić information content (AvgIpc) is 2.62. The molecule has 1 aromatic heterocycles. The molecule has 0 fully saturated rings. The number of carboxylic acids is 1. The zero-order valence-corrected chi connectivity index (χ0v) is 9.25. The second-order valence-corrected chi connectivity index (χ2v) is 3.79. The van der Waals surface area contributed by atoms with Crippen LogP contribution in [0.3, 0.4) is 0 Å². The molecule has 2 aromatic rings. The summed E-state index contributed by atoms with van der Waals surface area (Å²) in [5, 5.41) is 10.1. The van der Waals surface area contributed by atoms with Gasteiger partial charge in [0.1, 0.15) is 11.0 Å². The van der Waals surface area contributed by atoms with Crippen molar-refractivity contribution in [2.24, 2.45) is 0 Å². The second-order valence-electron chi connectivity index (χ2n) is 2.79. The van der Waals surface area contributed by atoms with E-state index in [1.165, 1.54) is 0 Å². The summed E-state index contributed by atoms with van der Waals surface area (Å²) in [7, 11) is 0. The molecule has 6 heteroatoms. The van der Waals surface area contributed by atoms with Gasteiger partial charge in [-0.05, 0) is 5.56 Å². The fourth-order valence-corrected chi connectivity index (χ4v) is 1.94. The predicted molar refractivity (Wildman–Crippen MR) is 51.8 cm³/mol. The molecule has 76 valence electrons. The van der Waals surface area contributed by atoms with E-state index in [9.17, 15) is 14.3 Å². The number of thiazole rings is 1. The van der Waals surface area contributed by atoms with E-state index >= 15 is 0 Å². The number of carbonyl (C=O) groups excluding carboxylic acids is 1. The monoisotopic (exact) mass is 229 g/mol. The molecule has 1 aromatic carbocycles. The van der Waals surface area contributed by atoms with E-state index in [0.29, 0.717) is 5.56 Å². The Kier molecular flexibility index (Phi) is 4.24. The van der Waals surface area contributed by atoms with Crippen molar-refractivity contribution in [2.75, 3.05) is 0 Å². The third kappa shape index (κ3) is 2.50. The molecule has 0 spiro atoms. The number of aromatic nitrogens is 1. The van der Waals surface area contributed by atoms with Crippen LogP contribution in [0.15, 0.2) is 30.3 Å². The molecule has 0 radical (unpaired) electrons. The van der Waals surface area contributed by atoms with Crippen molar-refractivity contribution in [3.8, 4) is 10.4 Å². The Morgan fingerprint density at radius 1 is 1.31 bits per heavy atom. The van der Waals surface area contributed by atoms with Crippen LogP contribution in [-0.2, 0) is 0 Å². The van der Waals surface area contributed by atoms with Gasteiger partial charge in [0.05, 0.1) is 4.88 Å². The van der Waals surface area contributed by atoms with Crippen LogP contribution in [0.5, 0.6) is 0 Å². The first-order valence-corrected chi connectivity index (χ1v) is 4.93. The molecule has 0 amide bonds. The van der Waals surface area contributed by atoms with E-state index in [1.54, 1.807) is 30.3 Å². The Morgan fingerprint density at radius 2 is 1.94 bits per heavy atom. The zero-order chi connectivity index (χ0) is 10.8. The van der Waals surface area contributed by atoms with Crippen LogP contribution >= 0.6 is 11.3 Å². The largest absolute Gasteiger partial charge is 1.00 e. The molecule has 16 heavy (non-hydrogen) atoms. The van der Waals surface area contributed by atoms with E-state index in [0.717, 1.165) is 11.3 Å². The van der Waals surface area contributed by atoms with Crippen LogP contribution in [0, 0.1) is 5.95 Å². The molecule has 0 unspecified atom stereocenters. The molecule has 0 bridgehead atoms. The number of nitrogens with zero attached hydrogens (tertiary/aromatic N) is 1. The van der Waals surface area contributed by atoms with Crippen molar-refractivity contribution >= 4 is 17.3 Å². The first kappa shape index (κ1) is 12.9. The van der Waals surface area contributed by atoms with Gasteiger partial charge >= 0.3 is 18.9 Å². The fourth-order valence-electron chi connectivity index (χ4n) is 1.16. The summed E-state index contributed by atoms with van der Waals surface area (Å²) in [5.74, 6) is -2.23. The van der Waals surface area contributed by atoms with E-state index in [2.05, 4.69) is 4.98 Å². The standard InChI is InChI=1S/C10H6FNO2S.Li/c11-8-7(6-4-2-1-3-5-6)15-9(12-8)10(13)14;/h1-5H,(H,13,14);/q;+1/p-1. The Hall–Kier alpha value is -1.15. The molecule has 0 atom stereocenters. The minimum atomic E-state index is -1.46. The summed E-state index contributed by atoms with van der Waals surface area (Å²) in [6, 6.07) is 8.66. The van der Waals surface area contributed by atoms with Crippen molar-refractivity contribution in [3.05, 3.63) is 41.3 Å². The third-order valence-electron chi connectivity index (χ3n) is 1.80. The molecule has 0 aliphatic carbocycles. The number of carbonyl (C=O) groups is 1. The SMILES string of the molecule is O=C([O-])c1nc(F)c(-c2ccccc2)s1.[Li+]. The molecule has 0 aliphatic rings. The van der Waals surface area contributed by atoms with Crippen LogP contribution in [0.2, 0.25) is 0 Å². The van der Waals surface area contributed by atoms with E-state index < -0.39 is 11.9 Å². The van der Waals surface area contributed by atoms with Gasteiger partial charge in [-0.15, -0.1) is 11.3 Å². The molecular weight excluding hydrogens is 224 g/mol. The van der Waals surface area contributed by atoms with Crippen LogP contribution in [0.4, 0.5) is 4.39 Å². The number of carboxylic acid groups (broad SMARTS) is 1. The summed E-state index contributed by atoms with van der Waals surface area (Å²) in [4.78, 5) is 14.0. The van der Waals surface area contributed by atoms with Gasteiger partial charge in [-0.1, -0.05) is 30.3 Å². The van der Waals surface area contributed by atoms with Gasteiger partial charge in [0, 0.05) is 0 Å². The maximum absolute atomic E-state index is 13.3. The summed E-state index contributed by atoms with van der Waals surface area (Å²) < 4.78 is 13.3. The summed E-state index contributed by atoms with van der Waals surface area (Å²) >= 11 is 0.773. The molecule has 1 heterocycles. The van der Waals surface area contributed by atoms with E-state index in [-0.39, 0.29) is 28.7 Å². The van der Waals surface area contributed by atoms with Gasteiger partial charge < -0.3 is 9.90 Å². The van der Waals surface area contributed by atoms with Gasteiger partial charge in [-0.25, -0.2) is 4.98 Å². The minimum absolute atomic E-state index is 0. The minimum Gasteiger partial charge on any atom is -0.542 e. The van der Waals surface area contributed by atoms with Crippen LogP contribution in [0.25, 0.3) is 10.4 Å². The molecule has 3 nitrogen and oxygen atoms in total. The fraction of sp³-hybridized carbons (Fsp3) is 0. The molecule has 0 saturated heterocycles. The Bertz CT molecular complexity index is 501. The number of benzene rings is 1. The van der Waals surface area contributed by atoms with Crippen molar-refractivity contribution in [2.45, 2.75) is 0 Å². The first-order valence-electron chi connectivity index (χ1n) is 4.11. The number of rotatable bonds is 2. The maximum Gasteiger partial charge on any atom is 1.00 e. The number of hydrogen-bond acceptors (Lipinski definition) is 4. The maximum atomic E-state index is 13.3. The van der Waals surface area contributed by atoms with Gasteiger partial charge in [0.15, 0.2) is 0 Å². The number of hydrogen-bond donors (Lipinski definition) is 0. The summed E-state index contributed by atoms with van der Waals surface area (Å²) in [6.07, 6.45) is 0. The van der Waals surface area contributed by atoms with Crippen LogP contribution < -0.4 is 24.0 Å². The van der Waals surface area contributed by atoms with E-state index in [1.807, 2.05) is 0 Å². The van der Waals surface area contributed by atoms with Gasteiger partial charge in [-0.2, -0.15) is 4.39 Å². The zero-order valence-electron chi connectivity index (χ0n) is 8.44. The molecule has 0 N–H and O–H groups in total. The first-order chi connectivity index (χ1) is 7.18. The summed E-state index contributed by atoms with van der Waals surface area (Å²) in [6.45, 7) is 0. The quantitative estimate of drug-likeness (QED) is 0.578. The van der Waals surface area contributed by atoms with Crippen molar-refractivity contribution < 1.29 is 33.2 Å².